The second-order valence-corrected chi connectivity index (χ2v) is 19.6. The molecule has 0 spiro atoms. The van der Waals surface area contributed by atoms with E-state index >= 15 is 0 Å². The zero-order valence-corrected chi connectivity index (χ0v) is 18.8. The van der Waals surface area contributed by atoms with Gasteiger partial charge in [-0.25, -0.2) is 0 Å². The molecule has 1 rings (SSSR count). The fourth-order valence-corrected chi connectivity index (χ4v) is 5.20. The number of hydrogen-bond acceptors (Lipinski definition) is 2. The van der Waals surface area contributed by atoms with Gasteiger partial charge < -0.3 is 8.85 Å². The zero-order chi connectivity index (χ0) is 17.4. The van der Waals surface area contributed by atoms with E-state index in [-0.39, 0.29) is 10.1 Å². The van der Waals surface area contributed by atoms with Gasteiger partial charge in [-0.05, 0) is 49.1 Å². The van der Waals surface area contributed by atoms with Crippen LogP contribution in [-0.2, 0) is 8.85 Å². The van der Waals surface area contributed by atoms with Crippen LogP contribution < -0.4 is 0 Å². The van der Waals surface area contributed by atoms with Crippen LogP contribution in [0.4, 0.5) is 0 Å². The molecule has 0 amide bonds. The monoisotopic (exact) mass is 344 g/mol. The van der Waals surface area contributed by atoms with Crippen molar-refractivity contribution in [2.45, 2.75) is 116 Å². The average molecular weight is 345 g/mol. The minimum absolute atomic E-state index is 0.270. The molecule has 2 nitrogen and oxygen atoms in total. The molecule has 0 aliphatic heterocycles. The Morgan fingerprint density at radius 2 is 0.909 bits per heavy atom. The summed E-state index contributed by atoms with van der Waals surface area (Å²) in [7, 11) is -3.44. The largest absolute Gasteiger partial charge is 0.411 e. The van der Waals surface area contributed by atoms with Crippen molar-refractivity contribution in [3.63, 3.8) is 0 Å². The Morgan fingerprint density at radius 3 is 1.14 bits per heavy atom. The summed E-state index contributed by atoms with van der Waals surface area (Å²) in [6.07, 6.45) is 5.54. The van der Waals surface area contributed by atoms with Gasteiger partial charge in [-0.15, -0.1) is 0 Å². The van der Waals surface area contributed by atoms with E-state index in [1.54, 1.807) is 0 Å². The van der Waals surface area contributed by atoms with Crippen molar-refractivity contribution < 1.29 is 8.85 Å². The van der Waals surface area contributed by atoms with Gasteiger partial charge in [-0.3, -0.25) is 0 Å². The molecule has 132 valence electrons. The van der Waals surface area contributed by atoms with Gasteiger partial charge in [-0.1, -0.05) is 54.4 Å². The Labute approximate surface area is 141 Å². The Kier molecular flexibility index (Phi) is 6.21. The molecule has 1 aliphatic carbocycles. The van der Waals surface area contributed by atoms with Crippen molar-refractivity contribution in [1.29, 1.82) is 0 Å². The SMILES string of the molecule is CC(C)(C)[Si](C)(C)O[C@@H]1CCCC[C@H]1O[Si](C)(C)C(C)(C)C. The topological polar surface area (TPSA) is 18.5 Å². The molecule has 2 atom stereocenters. The molecule has 0 aromatic heterocycles. The smallest absolute Gasteiger partial charge is 0.192 e. The highest BCUT2D eigenvalue weighted by atomic mass is 28.4. The molecule has 1 aliphatic rings. The maximum Gasteiger partial charge on any atom is 0.192 e. The molecule has 4 heteroatoms. The third-order valence-corrected chi connectivity index (χ3v) is 15.2. The molecule has 0 heterocycles. The Morgan fingerprint density at radius 1 is 0.636 bits per heavy atom. The van der Waals surface area contributed by atoms with Gasteiger partial charge in [0.1, 0.15) is 0 Å². The first-order valence-corrected chi connectivity index (χ1v) is 14.8. The van der Waals surface area contributed by atoms with Crippen LogP contribution in [-0.4, -0.2) is 28.8 Å². The van der Waals surface area contributed by atoms with Gasteiger partial charge in [-0.2, -0.15) is 0 Å². The minimum atomic E-state index is -1.72. The molecule has 0 N–H and O–H groups in total. The maximum atomic E-state index is 6.75. The normalized spacial score (nSPS) is 25.4. The first-order valence-electron chi connectivity index (χ1n) is 9.03. The van der Waals surface area contributed by atoms with Crippen LogP contribution in [0.3, 0.4) is 0 Å². The average Bonchev–Trinajstić information content (AvgIpc) is 2.28. The predicted octanol–water partition coefficient (Wildman–Crippen LogP) is 6.34. The Balaban J connectivity index is 2.85. The predicted molar refractivity (Wildman–Crippen MR) is 103 cm³/mol. The van der Waals surface area contributed by atoms with Gasteiger partial charge >= 0.3 is 0 Å². The van der Waals surface area contributed by atoms with Crippen LogP contribution in [0.15, 0.2) is 0 Å². The van der Waals surface area contributed by atoms with E-state index < -0.39 is 16.6 Å². The van der Waals surface area contributed by atoms with Crippen LogP contribution in [0.25, 0.3) is 0 Å². The summed E-state index contributed by atoms with van der Waals surface area (Å²) in [4.78, 5) is 0. The van der Waals surface area contributed by atoms with E-state index in [1.807, 2.05) is 0 Å². The standard InChI is InChI=1S/C18H40O2Si2/c1-17(2,3)21(7,8)19-15-13-11-12-14-16(15)20-22(9,10)18(4,5)6/h15-16H,11-14H2,1-10H3/t15-,16-/m1/s1. The number of rotatable bonds is 4. The zero-order valence-electron chi connectivity index (χ0n) is 16.8. The lowest BCUT2D eigenvalue weighted by atomic mass is 9.95. The van der Waals surface area contributed by atoms with Crippen LogP contribution in [0.2, 0.25) is 36.3 Å². The van der Waals surface area contributed by atoms with Gasteiger partial charge in [0.25, 0.3) is 0 Å². The van der Waals surface area contributed by atoms with Crippen molar-refractivity contribution in [3.05, 3.63) is 0 Å². The summed E-state index contributed by atoms with van der Waals surface area (Å²) in [5.41, 5.74) is 0. The van der Waals surface area contributed by atoms with Crippen LogP contribution in [0, 0.1) is 0 Å². The summed E-state index contributed by atoms with van der Waals surface area (Å²) < 4.78 is 13.5. The van der Waals surface area contributed by atoms with E-state index in [9.17, 15) is 0 Å². The fourth-order valence-electron chi connectivity index (χ4n) is 2.44. The Hall–Kier alpha value is 0.354. The molecule has 0 aromatic rings. The highest BCUT2D eigenvalue weighted by molar-refractivity contribution is 6.74. The molecule has 1 saturated carbocycles. The summed E-state index contributed by atoms with van der Waals surface area (Å²) in [6, 6.07) is 0. The van der Waals surface area contributed by atoms with Crippen molar-refractivity contribution in [2.75, 3.05) is 0 Å². The molecular weight excluding hydrogens is 304 g/mol. The van der Waals surface area contributed by atoms with Gasteiger partial charge in [0.2, 0.25) is 0 Å². The summed E-state index contributed by atoms with van der Waals surface area (Å²) in [5, 5.41) is 0.540. The molecule has 0 radical (unpaired) electrons. The third-order valence-electron chi connectivity index (χ3n) is 6.15. The van der Waals surface area contributed by atoms with E-state index in [4.69, 9.17) is 8.85 Å². The summed E-state index contributed by atoms with van der Waals surface area (Å²) in [6.45, 7) is 23.4. The van der Waals surface area contributed by atoms with E-state index in [1.165, 1.54) is 25.7 Å². The van der Waals surface area contributed by atoms with Crippen molar-refractivity contribution >= 4 is 16.6 Å². The van der Waals surface area contributed by atoms with Crippen molar-refractivity contribution in [1.82, 2.24) is 0 Å². The van der Waals surface area contributed by atoms with E-state index in [0.717, 1.165) is 0 Å². The highest BCUT2D eigenvalue weighted by Gasteiger charge is 2.45. The second kappa shape index (κ2) is 6.69. The summed E-state index contributed by atoms with van der Waals surface area (Å²) in [5.74, 6) is 0. The molecule has 0 unspecified atom stereocenters. The Bertz CT molecular complexity index is 328. The van der Waals surface area contributed by atoms with E-state index in [2.05, 4.69) is 67.7 Å². The van der Waals surface area contributed by atoms with Crippen LogP contribution in [0.1, 0.15) is 67.2 Å². The van der Waals surface area contributed by atoms with Crippen molar-refractivity contribution in [3.8, 4) is 0 Å². The highest BCUT2D eigenvalue weighted by Crippen LogP contribution is 2.42. The number of hydrogen-bond donors (Lipinski definition) is 0. The lowest BCUT2D eigenvalue weighted by Crippen LogP contribution is -2.52. The van der Waals surface area contributed by atoms with Crippen molar-refractivity contribution in [2.24, 2.45) is 0 Å². The molecular formula is C18H40O2Si2. The summed E-state index contributed by atoms with van der Waals surface area (Å²) >= 11 is 0. The molecule has 0 aromatic carbocycles. The molecule has 0 saturated heterocycles. The second-order valence-electron chi connectivity index (χ2n) is 10.1. The third kappa shape index (κ3) is 4.92. The van der Waals surface area contributed by atoms with Gasteiger partial charge in [0, 0.05) is 0 Å². The molecule has 22 heavy (non-hydrogen) atoms. The first kappa shape index (κ1) is 20.4. The quantitative estimate of drug-likeness (QED) is 0.554. The van der Waals surface area contributed by atoms with Crippen LogP contribution >= 0.6 is 0 Å². The maximum absolute atomic E-state index is 6.75. The van der Waals surface area contributed by atoms with Crippen LogP contribution in [0.5, 0.6) is 0 Å². The van der Waals surface area contributed by atoms with Gasteiger partial charge in [0.05, 0.1) is 12.2 Å². The molecule has 1 fully saturated rings. The lowest BCUT2D eigenvalue weighted by molar-refractivity contribution is 0.00670. The minimum Gasteiger partial charge on any atom is -0.411 e. The fraction of sp³-hybridized carbons (Fsp3) is 1.00. The van der Waals surface area contributed by atoms with E-state index in [0.29, 0.717) is 12.2 Å². The molecule has 0 bridgehead atoms. The lowest BCUT2D eigenvalue weighted by Gasteiger charge is -2.46. The first-order chi connectivity index (χ1) is 9.67. The van der Waals surface area contributed by atoms with Gasteiger partial charge in [0.15, 0.2) is 16.6 Å².